The van der Waals surface area contributed by atoms with Gasteiger partial charge in [-0.2, -0.15) is 5.26 Å². The average molecular weight is 303 g/mol. The van der Waals surface area contributed by atoms with Gasteiger partial charge in [-0.15, -0.1) is 11.8 Å². The molecule has 1 aromatic carbocycles. The summed E-state index contributed by atoms with van der Waals surface area (Å²) >= 11 is 1.58. The molecule has 2 rings (SSSR count). The van der Waals surface area contributed by atoms with Crippen LogP contribution in [-0.4, -0.2) is 34.4 Å². The van der Waals surface area contributed by atoms with Gasteiger partial charge in [-0.1, -0.05) is 13.8 Å². The van der Waals surface area contributed by atoms with Crippen LogP contribution in [0.1, 0.15) is 19.4 Å². The highest BCUT2D eigenvalue weighted by atomic mass is 32.2. The second kappa shape index (κ2) is 6.64. The normalized spacial score (nSPS) is 17.6. The molecule has 21 heavy (non-hydrogen) atoms. The van der Waals surface area contributed by atoms with E-state index in [2.05, 4.69) is 5.32 Å². The molecule has 1 N–H and O–H groups in total. The van der Waals surface area contributed by atoms with Crippen molar-refractivity contribution < 1.29 is 9.59 Å². The third kappa shape index (κ3) is 3.56. The Labute approximate surface area is 128 Å². The van der Waals surface area contributed by atoms with Crippen molar-refractivity contribution in [2.24, 2.45) is 5.92 Å². The molecule has 0 radical (unpaired) electrons. The van der Waals surface area contributed by atoms with Crippen LogP contribution < -0.4 is 5.32 Å². The second-order valence-electron chi connectivity index (χ2n) is 5.16. The molecule has 1 heterocycles. The summed E-state index contributed by atoms with van der Waals surface area (Å²) in [4.78, 5) is 26.0. The Hall–Kier alpha value is -2.00. The van der Waals surface area contributed by atoms with Gasteiger partial charge in [0, 0.05) is 17.4 Å². The maximum Gasteiger partial charge on any atom is 0.248 e. The molecule has 1 aliphatic heterocycles. The standard InChI is InChI=1S/C15H17N3O2S/c1-10(2)15(20)18-9-21-8-13(18)14(19)17-12-5-3-11(7-16)4-6-12/h3-6,10,13H,8-9H2,1-2H3,(H,17,19)/t13-/m0/s1. The summed E-state index contributed by atoms with van der Waals surface area (Å²) in [6, 6.07) is 8.27. The van der Waals surface area contributed by atoms with E-state index in [4.69, 9.17) is 5.26 Å². The van der Waals surface area contributed by atoms with Crippen molar-refractivity contribution in [3.8, 4) is 6.07 Å². The number of rotatable bonds is 3. The van der Waals surface area contributed by atoms with E-state index in [0.29, 0.717) is 22.9 Å². The highest BCUT2D eigenvalue weighted by molar-refractivity contribution is 7.99. The van der Waals surface area contributed by atoms with Crippen LogP contribution in [0.5, 0.6) is 0 Å². The zero-order valence-corrected chi connectivity index (χ0v) is 12.8. The largest absolute Gasteiger partial charge is 0.324 e. The van der Waals surface area contributed by atoms with Crippen LogP contribution in [0.25, 0.3) is 0 Å². The topological polar surface area (TPSA) is 73.2 Å². The maximum atomic E-state index is 12.3. The first-order chi connectivity index (χ1) is 10.0. The number of carbonyl (C=O) groups is 2. The SMILES string of the molecule is CC(C)C(=O)N1CSC[C@H]1C(=O)Nc1ccc(C#N)cc1. The van der Waals surface area contributed by atoms with Crippen LogP contribution in [0.3, 0.4) is 0 Å². The number of carbonyl (C=O) groups excluding carboxylic acids is 2. The molecule has 0 unspecified atom stereocenters. The molecule has 0 aromatic heterocycles. The van der Waals surface area contributed by atoms with Crippen LogP contribution in [-0.2, 0) is 9.59 Å². The smallest absolute Gasteiger partial charge is 0.248 e. The Morgan fingerprint density at radius 1 is 1.38 bits per heavy atom. The van der Waals surface area contributed by atoms with E-state index in [1.807, 2.05) is 19.9 Å². The zero-order valence-electron chi connectivity index (χ0n) is 12.0. The summed E-state index contributed by atoms with van der Waals surface area (Å²) in [6.07, 6.45) is 0. The molecule has 0 spiro atoms. The molecule has 6 heteroatoms. The van der Waals surface area contributed by atoms with Crippen LogP contribution >= 0.6 is 11.8 Å². The van der Waals surface area contributed by atoms with E-state index in [1.165, 1.54) is 0 Å². The third-order valence-electron chi connectivity index (χ3n) is 3.24. The third-order valence-corrected chi connectivity index (χ3v) is 4.26. The average Bonchev–Trinajstić information content (AvgIpc) is 2.96. The van der Waals surface area contributed by atoms with Crippen molar-refractivity contribution in [2.75, 3.05) is 16.9 Å². The number of anilines is 1. The van der Waals surface area contributed by atoms with E-state index < -0.39 is 6.04 Å². The number of amides is 2. The van der Waals surface area contributed by atoms with Gasteiger partial charge in [0.15, 0.2) is 0 Å². The molecular formula is C15H17N3O2S. The summed E-state index contributed by atoms with van der Waals surface area (Å²) in [7, 11) is 0. The van der Waals surface area contributed by atoms with E-state index in [-0.39, 0.29) is 17.7 Å². The van der Waals surface area contributed by atoms with Crippen molar-refractivity contribution in [1.82, 2.24) is 4.90 Å². The minimum atomic E-state index is -0.430. The van der Waals surface area contributed by atoms with Crippen molar-refractivity contribution in [3.63, 3.8) is 0 Å². The molecule has 2 amide bonds. The quantitative estimate of drug-likeness (QED) is 0.927. The fourth-order valence-corrected chi connectivity index (χ4v) is 3.23. The first-order valence-corrected chi connectivity index (χ1v) is 7.87. The number of thioether (sulfide) groups is 1. The first kappa shape index (κ1) is 15.4. The van der Waals surface area contributed by atoms with E-state index >= 15 is 0 Å². The lowest BCUT2D eigenvalue weighted by atomic mass is 10.1. The fraction of sp³-hybridized carbons (Fsp3) is 0.400. The predicted molar refractivity (Wildman–Crippen MR) is 82.6 cm³/mol. The number of hydrogen-bond donors (Lipinski definition) is 1. The van der Waals surface area contributed by atoms with Gasteiger partial charge in [-0.25, -0.2) is 0 Å². The van der Waals surface area contributed by atoms with E-state index in [9.17, 15) is 9.59 Å². The Morgan fingerprint density at radius 2 is 2.05 bits per heavy atom. The zero-order chi connectivity index (χ0) is 15.4. The van der Waals surface area contributed by atoms with Gasteiger partial charge in [0.25, 0.3) is 0 Å². The van der Waals surface area contributed by atoms with Crippen LogP contribution in [0.2, 0.25) is 0 Å². The van der Waals surface area contributed by atoms with Crippen molar-refractivity contribution in [1.29, 1.82) is 5.26 Å². The summed E-state index contributed by atoms with van der Waals surface area (Å²) < 4.78 is 0. The predicted octanol–water partition coefficient (Wildman–Crippen LogP) is 2.05. The summed E-state index contributed by atoms with van der Waals surface area (Å²) in [5.74, 6) is 0.871. The Bertz CT molecular complexity index is 578. The molecule has 1 atom stereocenters. The Morgan fingerprint density at radius 3 is 2.62 bits per heavy atom. The molecule has 1 aliphatic rings. The Kier molecular flexibility index (Phi) is 4.86. The molecule has 1 aromatic rings. The van der Waals surface area contributed by atoms with E-state index in [1.54, 1.807) is 40.9 Å². The van der Waals surface area contributed by atoms with Gasteiger partial charge in [0.1, 0.15) is 6.04 Å². The maximum absolute atomic E-state index is 12.3. The number of hydrogen-bond acceptors (Lipinski definition) is 4. The van der Waals surface area contributed by atoms with Crippen LogP contribution in [0.15, 0.2) is 24.3 Å². The summed E-state index contributed by atoms with van der Waals surface area (Å²) in [6.45, 7) is 3.67. The molecule has 1 saturated heterocycles. The molecule has 5 nitrogen and oxygen atoms in total. The van der Waals surface area contributed by atoms with Crippen molar-refractivity contribution in [2.45, 2.75) is 19.9 Å². The lowest BCUT2D eigenvalue weighted by molar-refractivity contribution is -0.138. The van der Waals surface area contributed by atoms with Gasteiger partial charge in [0.05, 0.1) is 17.5 Å². The minimum Gasteiger partial charge on any atom is -0.324 e. The van der Waals surface area contributed by atoms with Crippen LogP contribution in [0.4, 0.5) is 5.69 Å². The molecule has 0 aliphatic carbocycles. The number of benzene rings is 1. The van der Waals surface area contributed by atoms with Crippen molar-refractivity contribution >= 4 is 29.3 Å². The molecule has 1 fully saturated rings. The fourth-order valence-electron chi connectivity index (χ4n) is 2.06. The molecule has 110 valence electrons. The summed E-state index contributed by atoms with van der Waals surface area (Å²) in [5, 5.41) is 11.5. The second-order valence-corrected chi connectivity index (χ2v) is 6.16. The lowest BCUT2D eigenvalue weighted by Gasteiger charge is -2.24. The number of nitrogens with zero attached hydrogens (tertiary/aromatic N) is 2. The highest BCUT2D eigenvalue weighted by Gasteiger charge is 2.35. The van der Waals surface area contributed by atoms with Crippen molar-refractivity contribution in [3.05, 3.63) is 29.8 Å². The molecular weight excluding hydrogens is 286 g/mol. The highest BCUT2D eigenvalue weighted by Crippen LogP contribution is 2.24. The van der Waals surface area contributed by atoms with Crippen LogP contribution in [0, 0.1) is 17.2 Å². The molecule has 0 saturated carbocycles. The summed E-state index contributed by atoms with van der Waals surface area (Å²) in [5.41, 5.74) is 1.17. The van der Waals surface area contributed by atoms with Gasteiger partial charge in [-0.3, -0.25) is 9.59 Å². The lowest BCUT2D eigenvalue weighted by Crippen LogP contribution is -2.46. The van der Waals surface area contributed by atoms with Gasteiger partial charge < -0.3 is 10.2 Å². The number of nitriles is 1. The number of nitrogens with one attached hydrogen (secondary N) is 1. The van der Waals surface area contributed by atoms with Gasteiger partial charge in [0.2, 0.25) is 11.8 Å². The minimum absolute atomic E-state index is 0.0000200. The van der Waals surface area contributed by atoms with E-state index in [0.717, 1.165) is 0 Å². The molecule has 0 bridgehead atoms. The Balaban J connectivity index is 2.05. The van der Waals surface area contributed by atoms with Gasteiger partial charge in [-0.05, 0) is 24.3 Å². The monoisotopic (exact) mass is 303 g/mol. The first-order valence-electron chi connectivity index (χ1n) is 6.72. The van der Waals surface area contributed by atoms with Gasteiger partial charge >= 0.3 is 0 Å².